The molecule has 1 unspecified atom stereocenters. The standard InChI is InChI=1S/C14H19Cl2N5/c1-8(2)4-5-9(3)21-14(18-19-20-21)10-6-11(15)13(16)12(17)7-10/h6-9H,4-5,17H2,1-3H3. The van der Waals surface area contributed by atoms with Gasteiger partial charge in [-0.3, -0.25) is 0 Å². The van der Waals surface area contributed by atoms with Gasteiger partial charge in [-0.2, -0.15) is 0 Å². The molecule has 1 atom stereocenters. The summed E-state index contributed by atoms with van der Waals surface area (Å²) in [6.07, 6.45) is 2.12. The van der Waals surface area contributed by atoms with Crippen LogP contribution in [-0.2, 0) is 0 Å². The first-order valence-electron chi connectivity index (χ1n) is 6.93. The molecule has 1 aromatic heterocycles. The number of benzene rings is 1. The van der Waals surface area contributed by atoms with E-state index < -0.39 is 0 Å². The van der Waals surface area contributed by atoms with E-state index >= 15 is 0 Å². The smallest absolute Gasteiger partial charge is 0.182 e. The molecule has 0 aliphatic carbocycles. The van der Waals surface area contributed by atoms with Gasteiger partial charge in [0.1, 0.15) is 0 Å². The summed E-state index contributed by atoms with van der Waals surface area (Å²) < 4.78 is 1.81. The summed E-state index contributed by atoms with van der Waals surface area (Å²) in [6, 6.07) is 3.68. The normalized spacial score (nSPS) is 12.9. The Bertz CT molecular complexity index is 601. The van der Waals surface area contributed by atoms with Gasteiger partial charge in [-0.25, -0.2) is 4.68 Å². The van der Waals surface area contributed by atoms with Crippen LogP contribution in [0.4, 0.5) is 5.69 Å². The van der Waals surface area contributed by atoms with Gasteiger partial charge < -0.3 is 5.73 Å². The molecule has 2 aromatic rings. The van der Waals surface area contributed by atoms with Crippen LogP contribution in [0.1, 0.15) is 39.7 Å². The number of hydrogen-bond donors (Lipinski definition) is 1. The molecule has 7 heteroatoms. The van der Waals surface area contributed by atoms with Gasteiger partial charge in [0.2, 0.25) is 0 Å². The Balaban J connectivity index is 2.32. The van der Waals surface area contributed by atoms with Crippen LogP contribution in [0.25, 0.3) is 11.4 Å². The number of nitrogens with zero attached hydrogens (tertiary/aromatic N) is 4. The molecular weight excluding hydrogens is 309 g/mol. The van der Waals surface area contributed by atoms with Gasteiger partial charge in [-0.15, -0.1) is 5.10 Å². The lowest BCUT2D eigenvalue weighted by atomic mass is 10.0. The van der Waals surface area contributed by atoms with Crippen LogP contribution >= 0.6 is 23.2 Å². The molecule has 0 aliphatic rings. The minimum atomic E-state index is 0.202. The maximum absolute atomic E-state index is 6.08. The molecule has 5 nitrogen and oxygen atoms in total. The Hall–Kier alpha value is -1.33. The van der Waals surface area contributed by atoms with Gasteiger partial charge in [0, 0.05) is 5.56 Å². The highest BCUT2D eigenvalue weighted by atomic mass is 35.5. The van der Waals surface area contributed by atoms with Gasteiger partial charge in [0.05, 0.1) is 21.8 Å². The van der Waals surface area contributed by atoms with E-state index in [1.165, 1.54) is 0 Å². The van der Waals surface area contributed by atoms with E-state index in [0.29, 0.717) is 27.5 Å². The molecule has 21 heavy (non-hydrogen) atoms. The quantitative estimate of drug-likeness (QED) is 0.834. The van der Waals surface area contributed by atoms with Crippen molar-refractivity contribution >= 4 is 28.9 Å². The Morgan fingerprint density at radius 2 is 1.90 bits per heavy atom. The van der Waals surface area contributed by atoms with Crippen LogP contribution in [0.3, 0.4) is 0 Å². The predicted molar refractivity (Wildman–Crippen MR) is 86.5 cm³/mol. The van der Waals surface area contributed by atoms with Crippen LogP contribution in [0, 0.1) is 5.92 Å². The van der Waals surface area contributed by atoms with E-state index in [1.807, 2.05) is 0 Å². The molecule has 0 spiro atoms. The highest BCUT2D eigenvalue weighted by molar-refractivity contribution is 6.43. The third-order valence-corrected chi connectivity index (χ3v) is 4.20. The SMILES string of the molecule is CC(C)CCC(C)n1nnnc1-c1cc(N)c(Cl)c(Cl)c1. The number of hydrogen-bond acceptors (Lipinski definition) is 4. The molecule has 1 heterocycles. The first-order valence-corrected chi connectivity index (χ1v) is 7.68. The summed E-state index contributed by atoms with van der Waals surface area (Å²) in [4.78, 5) is 0. The summed E-state index contributed by atoms with van der Waals surface area (Å²) in [7, 11) is 0. The molecule has 0 fully saturated rings. The first kappa shape index (κ1) is 16.0. The predicted octanol–water partition coefficient (Wildman–Crippen LogP) is 4.23. The fourth-order valence-electron chi connectivity index (χ4n) is 2.12. The van der Waals surface area contributed by atoms with E-state index in [9.17, 15) is 0 Å². The van der Waals surface area contributed by atoms with Crippen molar-refractivity contribution in [1.82, 2.24) is 20.2 Å². The van der Waals surface area contributed by atoms with E-state index in [2.05, 4.69) is 36.3 Å². The van der Waals surface area contributed by atoms with Crippen LogP contribution in [0.15, 0.2) is 12.1 Å². The lowest BCUT2D eigenvalue weighted by Crippen LogP contribution is -2.10. The van der Waals surface area contributed by atoms with Crippen molar-refractivity contribution < 1.29 is 0 Å². The van der Waals surface area contributed by atoms with E-state index in [4.69, 9.17) is 28.9 Å². The Morgan fingerprint density at radius 3 is 2.52 bits per heavy atom. The third-order valence-electron chi connectivity index (χ3n) is 3.39. The van der Waals surface area contributed by atoms with E-state index in [1.54, 1.807) is 16.8 Å². The summed E-state index contributed by atoms with van der Waals surface area (Å²) in [5.74, 6) is 1.30. The monoisotopic (exact) mass is 327 g/mol. The molecule has 2 rings (SSSR count). The Morgan fingerprint density at radius 1 is 1.19 bits per heavy atom. The van der Waals surface area contributed by atoms with Crippen LogP contribution < -0.4 is 5.73 Å². The van der Waals surface area contributed by atoms with Crippen LogP contribution in [0.5, 0.6) is 0 Å². The van der Waals surface area contributed by atoms with Gasteiger partial charge in [0.25, 0.3) is 0 Å². The Labute approximate surface area is 134 Å². The van der Waals surface area contributed by atoms with Crippen LogP contribution in [0.2, 0.25) is 10.0 Å². The van der Waals surface area contributed by atoms with E-state index in [-0.39, 0.29) is 6.04 Å². The van der Waals surface area contributed by atoms with Crippen molar-refractivity contribution in [1.29, 1.82) is 0 Å². The molecule has 0 amide bonds. The van der Waals surface area contributed by atoms with Crippen molar-refractivity contribution in [2.45, 2.75) is 39.7 Å². The summed E-state index contributed by atoms with van der Waals surface area (Å²) in [6.45, 7) is 6.50. The lowest BCUT2D eigenvalue weighted by molar-refractivity contribution is 0.406. The maximum Gasteiger partial charge on any atom is 0.182 e. The summed E-state index contributed by atoms with van der Waals surface area (Å²) in [5, 5.41) is 12.7. The molecule has 114 valence electrons. The number of rotatable bonds is 5. The average molecular weight is 328 g/mol. The number of tetrazole rings is 1. The van der Waals surface area contributed by atoms with Crippen molar-refractivity contribution in [2.24, 2.45) is 5.92 Å². The molecule has 0 saturated heterocycles. The largest absolute Gasteiger partial charge is 0.397 e. The molecule has 0 aliphatic heterocycles. The van der Waals surface area contributed by atoms with Crippen LogP contribution in [-0.4, -0.2) is 20.2 Å². The highest BCUT2D eigenvalue weighted by Gasteiger charge is 2.17. The topological polar surface area (TPSA) is 69.6 Å². The van der Waals surface area contributed by atoms with E-state index in [0.717, 1.165) is 18.4 Å². The second-order valence-electron chi connectivity index (χ2n) is 5.63. The minimum absolute atomic E-state index is 0.202. The highest BCUT2D eigenvalue weighted by Crippen LogP contribution is 2.33. The second-order valence-corrected chi connectivity index (χ2v) is 6.41. The molecular formula is C14H19Cl2N5. The number of anilines is 1. The number of nitrogens with two attached hydrogens (primary N) is 1. The number of nitrogen functional groups attached to an aromatic ring is 1. The zero-order chi connectivity index (χ0) is 15.6. The average Bonchev–Trinajstić information content (AvgIpc) is 2.91. The first-order chi connectivity index (χ1) is 9.90. The van der Waals surface area contributed by atoms with Crippen molar-refractivity contribution in [3.05, 3.63) is 22.2 Å². The number of aromatic nitrogens is 4. The summed E-state index contributed by atoms with van der Waals surface area (Å²) in [5.41, 5.74) is 7.04. The molecule has 0 bridgehead atoms. The zero-order valence-electron chi connectivity index (χ0n) is 12.3. The van der Waals surface area contributed by atoms with Gasteiger partial charge in [-0.05, 0) is 48.2 Å². The third kappa shape index (κ3) is 3.66. The molecule has 0 radical (unpaired) electrons. The van der Waals surface area contributed by atoms with Crippen molar-refractivity contribution in [2.75, 3.05) is 5.73 Å². The fraction of sp³-hybridized carbons (Fsp3) is 0.500. The summed E-state index contributed by atoms with van der Waals surface area (Å²) >= 11 is 12.1. The van der Waals surface area contributed by atoms with Crippen molar-refractivity contribution in [3.8, 4) is 11.4 Å². The fourth-order valence-corrected chi connectivity index (χ4v) is 2.45. The molecule has 2 N–H and O–H groups in total. The lowest BCUT2D eigenvalue weighted by Gasteiger charge is -2.15. The maximum atomic E-state index is 6.08. The minimum Gasteiger partial charge on any atom is -0.397 e. The molecule has 1 aromatic carbocycles. The van der Waals surface area contributed by atoms with Crippen molar-refractivity contribution in [3.63, 3.8) is 0 Å². The zero-order valence-corrected chi connectivity index (χ0v) is 13.9. The number of halogens is 2. The van der Waals surface area contributed by atoms with Gasteiger partial charge in [0.15, 0.2) is 5.82 Å². The second kappa shape index (κ2) is 6.62. The Kier molecular flexibility index (Phi) is 5.06. The van der Waals surface area contributed by atoms with Gasteiger partial charge >= 0.3 is 0 Å². The van der Waals surface area contributed by atoms with Gasteiger partial charge in [-0.1, -0.05) is 37.0 Å². The molecule has 0 saturated carbocycles.